The molecule has 31 heavy (non-hydrogen) atoms. The first-order valence-corrected chi connectivity index (χ1v) is 12.6. The maximum atomic E-state index is 10.5. The summed E-state index contributed by atoms with van der Waals surface area (Å²) >= 11 is 0. The van der Waals surface area contributed by atoms with Gasteiger partial charge in [-0.05, 0) is 13.3 Å². The SMILES string of the molecule is CCCCCCCCCCCCCCCCCCC(O)c1c(CO)cnc(C)c1O.[H-].[Na+]. The number of pyridine rings is 1. The van der Waals surface area contributed by atoms with Gasteiger partial charge in [-0.15, -0.1) is 0 Å². The molecule has 0 radical (unpaired) electrons. The van der Waals surface area contributed by atoms with E-state index in [-0.39, 0.29) is 43.3 Å². The van der Waals surface area contributed by atoms with E-state index in [1.54, 1.807) is 13.1 Å². The molecular formula is C26H48NNaO3. The fourth-order valence-corrected chi connectivity index (χ4v) is 4.18. The van der Waals surface area contributed by atoms with Crippen LogP contribution in [-0.4, -0.2) is 20.3 Å². The van der Waals surface area contributed by atoms with Crippen LogP contribution in [0.4, 0.5) is 0 Å². The van der Waals surface area contributed by atoms with Crippen LogP contribution in [0.15, 0.2) is 6.20 Å². The molecule has 1 heterocycles. The smallest absolute Gasteiger partial charge is 1.00 e. The minimum Gasteiger partial charge on any atom is -1.00 e. The molecule has 0 fully saturated rings. The van der Waals surface area contributed by atoms with Crippen molar-refractivity contribution in [2.45, 2.75) is 136 Å². The summed E-state index contributed by atoms with van der Waals surface area (Å²) in [6.07, 6.45) is 22.6. The summed E-state index contributed by atoms with van der Waals surface area (Å²) in [6.45, 7) is 3.77. The third-order valence-electron chi connectivity index (χ3n) is 6.19. The van der Waals surface area contributed by atoms with Crippen molar-refractivity contribution in [2.24, 2.45) is 0 Å². The monoisotopic (exact) mass is 445 g/mol. The Bertz CT molecular complexity index is 560. The summed E-state index contributed by atoms with van der Waals surface area (Å²) in [7, 11) is 0. The average Bonchev–Trinajstić information content (AvgIpc) is 2.75. The zero-order valence-electron chi connectivity index (χ0n) is 21.7. The Morgan fingerprint density at radius 3 is 1.65 bits per heavy atom. The van der Waals surface area contributed by atoms with Gasteiger partial charge < -0.3 is 16.7 Å². The average molecular weight is 446 g/mol. The molecular weight excluding hydrogens is 397 g/mol. The molecule has 0 aliphatic heterocycles. The summed E-state index contributed by atoms with van der Waals surface area (Å²) in [4.78, 5) is 4.05. The Morgan fingerprint density at radius 1 is 0.806 bits per heavy atom. The largest absolute Gasteiger partial charge is 1.00 e. The van der Waals surface area contributed by atoms with Crippen LogP contribution in [0, 0.1) is 6.92 Å². The summed E-state index contributed by atoms with van der Waals surface area (Å²) in [6, 6.07) is 0. The van der Waals surface area contributed by atoms with Crippen molar-refractivity contribution in [1.29, 1.82) is 0 Å². The maximum absolute atomic E-state index is 10.5. The van der Waals surface area contributed by atoms with Crippen LogP contribution in [0.25, 0.3) is 0 Å². The summed E-state index contributed by atoms with van der Waals surface area (Å²) in [5, 5.41) is 30.1. The molecule has 1 aromatic heterocycles. The first-order chi connectivity index (χ1) is 14.6. The molecule has 176 valence electrons. The van der Waals surface area contributed by atoms with Crippen LogP contribution in [0.3, 0.4) is 0 Å². The molecule has 4 nitrogen and oxygen atoms in total. The van der Waals surface area contributed by atoms with E-state index >= 15 is 0 Å². The fraction of sp³-hybridized carbons (Fsp3) is 0.808. The zero-order valence-corrected chi connectivity index (χ0v) is 22.7. The van der Waals surface area contributed by atoms with E-state index in [4.69, 9.17) is 0 Å². The van der Waals surface area contributed by atoms with Crippen molar-refractivity contribution < 1.29 is 46.3 Å². The molecule has 1 aromatic rings. The van der Waals surface area contributed by atoms with Crippen LogP contribution in [0.5, 0.6) is 5.75 Å². The molecule has 1 atom stereocenters. The molecule has 1 rings (SSSR count). The van der Waals surface area contributed by atoms with Gasteiger partial charge in [0.05, 0.1) is 18.4 Å². The van der Waals surface area contributed by atoms with Gasteiger partial charge in [-0.3, -0.25) is 4.98 Å². The molecule has 0 aromatic carbocycles. The number of unbranched alkanes of at least 4 members (excludes halogenated alkanes) is 15. The van der Waals surface area contributed by atoms with Crippen molar-refractivity contribution in [1.82, 2.24) is 4.98 Å². The van der Waals surface area contributed by atoms with Crippen molar-refractivity contribution in [3.8, 4) is 5.75 Å². The van der Waals surface area contributed by atoms with Gasteiger partial charge in [0.15, 0.2) is 0 Å². The number of rotatable bonds is 19. The van der Waals surface area contributed by atoms with Gasteiger partial charge in [0, 0.05) is 17.3 Å². The first-order valence-electron chi connectivity index (χ1n) is 12.6. The number of aliphatic hydroxyl groups is 2. The van der Waals surface area contributed by atoms with Crippen molar-refractivity contribution in [3.05, 3.63) is 23.0 Å². The van der Waals surface area contributed by atoms with Crippen molar-refractivity contribution in [3.63, 3.8) is 0 Å². The zero-order chi connectivity index (χ0) is 22.0. The fourth-order valence-electron chi connectivity index (χ4n) is 4.18. The molecule has 0 amide bonds. The molecule has 3 N–H and O–H groups in total. The second kappa shape index (κ2) is 20.5. The van der Waals surface area contributed by atoms with E-state index < -0.39 is 6.10 Å². The van der Waals surface area contributed by atoms with Crippen LogP contribution in [0.2, 0.25) is 0 Å². The number of hydrogen-bond donors (Lipinski definition) is 3. The minimum atomic E-state index is -0.736. The minimum absolute atomic E-state index is 0. The molecule has 1 unspecified atom stereocenters. The Balaban J connectivity index is 0. The molecule has 0 bridgehead atoms. The molecule has 0 spiro atoms. The van der Waals surface area contributed by atoms with E-state index in [0.717, 1.165) is 12.8 Å². The van der Waals surface area contributed by atoms with Crippen LogP contribution >= 0.6 is 0 Å². The maximum Gasteiger partial charge on any atom is 1.00 e. The second-order valence-corrected chi connectivity index (χ2v) is 8.90. The summed E-state index contributed by atoms with van der Waals surface area (Å²) in [5.74, 6) is 0.0190. The number of nitrogens with zero attached hydrogens (tertiary/aromatic N) is 1. The van der Waals surface area contributed by atoms with Gasteiger partial charge in [-0.25, -0.2) is 0 Å². The summed E-state index contributed by atoms with van der Waals surface area (Å²) in [5.41, 5.74) is 1.46. The number of aryl methyl sites for hydroxylation is 1. The number of aromatic nitrogens is 1. The van der Waals surface area contributed by atoms with Gasteiger partial charge in [0.2, 0.25) is 0 Å². The molecule has 0 aliphatic carbocycles. The van der Waals surface area contributed by atoms with Gasteiger partial charge in [-0.2, -0.15) is 0 Å². The van der Waals surface area contributed by atoms with E-state index in [9.17, 15) is 15.3 Å². The van der Waals surface area contributed by atoms with E-state index in [0.29, 0.717) is 23.2 Å². The Labute approximate surface area is 215 Å². The Morgan fingerprint density at radius 2 is 1.23 bits per heavy atom. The Kier molecular flexibility index (Phi) is 20.4. The van der Waals surface area contributed by atoms with Gasteiger partial charge in [-0.1, -0.05) is 110 Å². The first kappa shape index (κ1) is 30.9. The molecule has 0 saturated heterocycles. The number of aliphatic hydroxyl groups excluding tert-OH is 2. The van der Waals surface area contributed by atoms with Crippen LogP contribution < -0.4 is 29.6 Å². The predicted molar refractivity (Wildman–Crippen MR) is 127 cm³/mol. The molecule has 5 heteroatoms. The Hall–Kier alpha value is -0.130. The standard InChI is InChI=1S/C26H47NO3.Na.H/c1-3-4-5-6-7-8-9-10-11-12-13-14-15-16-17-18-19-24(29)25-23(21-28)20-27-22(2)26(25)30;;/h20,24,28-30H,3-19,21H2,1-2H3;;/q;+1;-1. The third-order valence-corrected chi connectivity index (χ3v) is 6.19. The molecule has 0 aliphatic rings. The quantitative estimate of drug-likeness (QED) is 0.218. The number of aromatic hydroxyl groups is 1. The predicted octanol–water partition coefficient (Wildman–Crippen LogP) is 4.39. The summed E-state index contributed by atoms with van der Waals surface area (Å²) < 4.78 is 0. The van der Waals surface area contributed by atoms with Crippen LogP contribution in [0.1, 0.15) is 140 Å². The van der Waals surface area contributed by atoms with Crippen molar-refractivity contribution in [2.75, 3.05) is 0 Å². The number of hydrogen-bond acceptors (Lipinski definition) is 4. The van der Waals surface area contributed by atoms with E-state index in [1.807, 2.05) is 0 Å². The van der Waals surface area contributed by atoms with E-state index in [1.165, 1.54) is 89.9 Å². The second-order valence-electron chi connectivity index (χ2n) is 8.90. The van der Waals surface area contributed by atoms with Crippen LogP contribution in [-0.2, 0) is 6.61 Å². The van der Waals surface area contributed by atoms with Gasteiger partial charge in [0.1, 0.15) is 5.75 Å². The van der Waals surface area contributed by atoms with Gasteiger partial charge in [0.25, 0.3) is 0 Å². The van der Waals surface area contributed by atoms with Gasteiger partial charge >= 0.3 is 29.6 Å². The third kappa shape index (κ3) is 13.9. The normalized spacial score (nSPS) is 12.0. The molecule has 0 saturated carbocycles. The topological polar surface area (TPSA) is 73.6 Å². The van der Waals surface area contributed by atoms with Crippen molar-refractivity contribution >= 4 is 0 Å². The van der Waals surface area contributed by atoms with E-state index in [2.05, 4.69) is 11.9 Å².